The van der Waals surface area contributed by atoms with E-state index in [0.29, 0.717) is 12.1 Å². The Hall–Kier alpha value is -1.18. The van der Waals surface area contributed by atoms with Gasteiger partial charge in [0, 0.05) is 18.5 Å². The Kier molecular flexibility index (Phi) is 4.66. The van der Waals surface area contributed by atoms with Crippen LogP contribution in [-0.2, 0) is 0 Å². The molecule has 0 saturated heterocycles. The molecule has 86 valence electrons. The highest BCUT2D eigenvalue weighted by molar-refractivity contribution is 7.98. The van der Waals surface area contributed by atoms with E-state index in [1.54, 1.807) is 18.7 Å². The van der Waals surface area contributed by atoms with E-state index in [9.17, 15) is 5.11 Å². The molecule has 1 N–H and O–H groups in total. The Bertz CT molecular complexity index is 398. The molecule has 1 aromatic carbocycles. The van der Waals surface area contributed by atoms with Crippen molar-refractivity contribution in [2.45, 2.75) is 17.9 Å². The lowest BCUT2D eigenvalue weighted by Gasteiger charge is -2.22. The number of nitrogens with zero attached hydrogens (tertiary/aromatic N) is 2. The van der Waals surface area contributed by atoms with Crippen LogP contribution in [0.15, 0.2) is 23.1 Å². The van der Waals surface area contributed by atoms with Crippen molar-refractivity contribution >= 4 is 17.4 Å². The zero-order chi connectivity index (χ0) is 12.1. The fourth-order valence-corrected chi connectivity index (χ4v) is 2.18. The molecule has 1 unspecified atom stereocenters. The van der Waals surface area contributed by atoms with Gasteiger partial charge in [-0.3, -0.25) is 0 Å². The van der Waals surface area contributed by atoms with Crippen LogP contribution in [-0.4, -0.2) is 31.1 Å². The van der Waals surface area contributed by atoms with E-state index >= 15 is 0 Å². The van der Waals surface area contributed by atoms with Crippen molar-refractivity contribution in [3.05, 3.63) is 23.8 Å². The lowest BCUT2D eigenvalue weighted by atomic mass is 10.1. The molecule has 0 fully saturated rings. The molecule has 0 saturated carbocycles. The van der Waals surface area contributed by atoms with Crippen molar-refractivity contribution in [2.75, 3.05) is 24.7 Å². The first kappa shape index (κ1) is 12.9. The summed E-state index contributed by atoms with van der Waals surface area (Å²) in [6.45, 7) is 2.26. The van der Waals surface area contributed by atoms with E-state index in [1.165, 1.54) is 0 Å². The Morgan fingerprint density at radius 1 is 1.56 bits per heavy atom. The van der Waals surface area contributed by atoms with Gasteiger partial charge in [0.15, 0.2) is 0 Å². The molecule has 0 radical (unpaired) electrons. The molecule has 1 atom stereocenters. The summed E-state index contributed by atoms with van der Waals surface area (Å²) >= 11 is 1.56. The second-order valence-corrected chi connectivity index (χ2v) is 4.54. The number of aliphatic hydroxyl groups is 1. The van der Waals surface area contributed by atoms with E-state index in [2.05, 4.69) is 6.07 Å². The minimum Gasteiger partial charge on any atom is -0.392 e. The lowest BCUT2D eigenvalue weighted by molar-refractivity contribution is 0.201. The van der Waals surface area contributed by atoms with E-state index in [4.69, 9.17) is 5.26 Å². The summed E-state index contributed by atoms with van der Waals surface area (Å²) in [6.07, 6.45) is 1.55. The summed E-state index contributed by atoms with van der Waals surface area (Å²) in [7, 11) is 1.88. The summed E-state index contributed by atoms with van der Waals surface area (Å²) in [6, 6.07) is 7.99. The van der Waals surface area contributed by atoms with Crippen molar-refractivity contribution < 1.29 is 5.11 Å². The highest BCUT2D eigenvalue weighted by Crippen LogP contribution is 2.28. The average Bonchev–Trinajstić information content (AvgIpc) is 2.26. The molecular weight excluding hydrogens is 220 g/mol. The largest absolute Gasteiger partial charge is 0.392 e. The van der Waals surface area contributed by atoms with E-state index in [0.717, 1.165) is 10.6 Å². The first-order chi connectivity index (χ1) is 7.60. The smallest absolute Gasteiger partial charge is 0.102 e. The number of rotatable bonds is 4. The summed E-state index contributed by atoms with van der Waals surface area (Å²) < 4.78 is 0. The topological polar surface area (TPSA) is 47.3 Å². The molecule has 1 rings (SSSR count). The van der Waals surface area contributed by atoms with E-state index in [1.807, 2.05) is 36.4 Å². The van der Waals surface area contributed by atoms with Gasteiger partial charge in [-0.25, -0.2) is 0 Å². The fourth-order valence-electron chi connectivity index (χ4n) is 1.61. The maximum Gasteiger partial charge on any atom is 0.102 e. The van der Waals surface area contributed by atoms with Crippen molar-refractivity contribution in [1.29, 1.82) is 5.26 Å². The van der Waals surface area contributed by atoms with Crippen LogP contribution in [0.25, 0.3) is 0 Å². The number of anilines is 1. The molecular formula is C12H16N2OS. The first-order valence-corrected chi connectivity index (χ1v) is 6.29. The molecule has 0 bridgehead atoms. The number of aliphatic hydroxyl groups excluding tert-OH is 1. The van der Waals surface area contributed by atoms with Gasteiger partial charge in [-0.2, -0.15) is 5.26 Å². The molecule has 0 amide bonds. The average molecular weight is 236 g/mol. The maximum absolute atomic E-state index is 9.34. The van der Waals surface area contributed by atoms with Crippen molar-refractivity contribution in [3.63, 3.8) is 0 Å². The Labute approximate surface area is 101 Å². The predicted octanol–water partition coefficient (Wildman–Crippen LogP) is 2.10. The van der Waals surface area contributed by atoms with Gasteiger partial charge in [0.2, 0.25) is 0 Å². The van der Waals surface area contributed by atoms with Crippen molar-refractivity contribution in [1.82, 2.24) is 0 Å². The summed E-state index contributed by atoms with van der Waals surface area (Å²) in [5.74, 6) is 0. The molecule has 1 aromatic rings. The minimum absolute atomic E-state index is 0.408. The number of hydrogen-bond acceptors (Lipinski definition) is 4. The molecule has 0 spiro atoms. The van der Waals surface area contributed by atoms with E-state index < -0.39 is 6.10 Å². The van der Waals surface area contributed by atoms with Crippen LogP contribution in [0.2, 0.25) is 0 Å². The molecule has 16 heavy (non-hydrogen) atoms. The van der Waals surface area contributed by atoms with Gasteiger partial charge in [-0.15, -0.1) is 11.8 Å². The van der Waals surface area contributed by atoms with Crippen LogP contribution < -0.4 is 4.90 Å². The minimum atomic E-state index is -0.408. The standard InChI is InChI=1S/C12H16N2OS/c1-9(15)8-14(2)11-5-4-6-12(16-3)10(11)7-13/h4-6,9,15H,8H2,1-3H3. The normalized spacial score (nSPS) is 11.9. The SMILES string of the molecule is CSc1cccc(N(C)CC(C)O)c1C#N. The zero-order valence-corrected chi connectivity index (χ0v) is 10.6. The highest BCUT2D eigenvalue weighted by atomic mass is 32.2. The number of benzene rings is 1. The number of nitriles is 1. The van der Waals surface area contributed by atoms with Crippen LogP contribution in [0, 0.1) is 11.3 Å². The van der Waals surface area contributed by atoms with Crippen LogP contribution >= 0.6 is 11.8 Å². The third kappa shape index (κ3) is 2.91. The van der Waals surface area contributed by atoms with Gasteiger partial charge in [0.25, 0.3) is 0 Å². The molecule has 4 heteroatoms. The Balaban J connectivity index is 3.09. The Morgan fingerprint density at radius 2 is 2.25 bits per heavy atom. The van der Waals surface area contributed by atoms with Gasteiger partial charge in [-0.1, -0.05) is 6.07 Å². The third-order valence-corrected chi connectivity index (χ3v) is 3.07. The van der Waals surface area contributed by atoms with Crippen molar-refractivity contribution in [3.8, 4) is 6.07 Å². The molecule has 0 heterocycles. The Morgan fingerprint density at radius 3 is 2.75 bits per heavy atom. The number of thioether (sulfide) groups is 1. The molecule has 3 nitrogen and oxygen atoms in total. The first-order valence-electron chi connectivity index (χ1n) is 5.06. The summed E-state index contributed by atoms with van der Waals surface area (Å²) in [4.78, 5) is 2.88. The lowest BCUT2D eigenvalue weighted by Crippen LogP contribution is -2.27. The van der Waals surface area contributed by atoms with Crippen LogP contribution in [0.1, 0.15) is 12.5 Å². The molecule has 0 aliphatic carbocycles. The number of hydrogen-bond donors (Lipinski definition) is 1. The van der Waals surface area contributed by atoms with Gasteiger partial charge in [0.1, 0.15) is 6.07 Å². The van der Waals surface area contributed by atoms with Gasteiger partial charge in [-0.05, 0) is 25.3 Å². The predicted molar refractivity (Wildman–Crippen MR) is 67.9 cm³/mol. The van der Waals surface area contributed by atoms with E-state index in [-0.39, 0.29) is 0 Å². The third-order valence-electron chi connectivity index (χ3n) is 2.29. The van der Waals surface area contributed by atoms with Gasteiger partial charge >= 0.3 is 0 Å². The monoisotopic (exact) mass is 236 g/mol. The molecule has 0 aliphatic rings. The van der Waals surface area contributed by atoms with Crippen LogP contribution in [0.4, 0.5) is 5.69 Å². The number of likely N-dealkylation sites (N-methyl/N-ethyl adjacent to an activating group) is 1. The quantitative estimate of drug-likeness (QED) is 0.813. The van der Waals surface area contributed by atoms with Gasteiger partial charge in [0.05, 0.1) is 17.4 Å². The van der Waals surface area contributed by atoms with Crippen LogP contribution in [0.5, 0.6) is 0 Å². The zero-order valence-electron chi connectivity index (χ0n) is 9.77. The summed E-state index contributed by atoms with van der Waals surface area (Å²) in [5, 5.41) is 18.5. The maximum atomic E-state index is 9.34. The highest BCUT2D eigenvalue weighted by Gasteiger charge is 2.12. The second kappa shape index (κ2) is 5.78. The molecule has 0 aromatic heterocycles. The summed E-state index contributed by atoms with van der Waals surface area (Å²) in [5.41, 5.74) is 1.55. The second-order valence-electron chi connectivity index (χ2n) is 3.70. The van der Waals surface area contributed by atoms with Gasteiger partial charge < -0.3 is 10.0 Å². The van der Waals surface area contributed by atoms with Crippen LogP contribution in [0.3, 0.4) is 0 Å². The van der Waals surface area contributed by atoms with Crippen molar-refractivity contribution in [2.24, 2.45) is 0 Å². The fraction of sp³-hybridized carbons (Fsp3) is 0.417. The molecule has 0 aliphatic heterocycles.